The van der Waals surface area contributed by atoms with Gasteiger partial charge >= 0.3 is 0 Å². The van der Waals surface area contributed by atoms with Crippen LogP contribution < -0.4 is 4.90 Å². The molecule has 1 saturated carbocycles. The van der Waals surface area contributed by atoms with Crippen LogP contribution in [0.25, 0.3) is 0 Å². The monoisotopic (exact) mass is 384 g/mol. The number of rotatable bonds is 6. The Morgan fingerprint density at radius 2 is 1.96 bits per heavy atom. The van der Waals surface area contributed by atoms with Gasteiger partial charge in [-0.05, 0) is 24.8 Å². The van der Waals surface area contributed by atoms with E-state index in [2.05, 4.69) is 33.5 Å². The number of aromatic nitrogens is 1. The van der Waals surface area contributed by atoms with E-state index >= 15 is 0 Å². The summed E-state index contributed by atoms with van der Waals surface area (Å²) in [6.07, 6.45) is 3.94. The third kappa shape index (κ3) is 4.99. The van der Waals surface area contributed by atoms with Crippen LogP contribution in [0.2, 0.25) is 10.0 Å². The van der Waals surface area contributed by atoms with Crippen LogP contribution in [0.1, 0.15) is 26.7 Å². The zero-order valence-corrected chi connectivity index (χ0v) is 16.4. The van der Waals surface area contributed by atoms with Gasteiger partial charge in [0.25, 0.3) is 0 Å². The van der Waals surface area contributed by atoms with Gasteiger partial charge in [-0.25, -0.2) is 4.98 Å². The summed E-state index contributed by atoms with van der Waals surface area (Å²) in [7, 11) is 0. The lowest BCUT2D eigenvalue weighted by molar-refractivity contribution is -0.133. The number of carbonyl (C=O) groups is 1. The third-order valence-electron chi connectivity index (χ3n) is 4.69. The molecule has 1 aromatic heterocycles. The molecule has 1 aliphatic heterocycles. The second kappa shape index (κ2) is 8.11. The SMILES string of the molecule is CC(C)CN(C(=O)CN1CCN(c2ncc(Cl)cc2Cl)CC1)C1CC1. The van der Waals surface area contributed by atoms with E-state index in [-0.39, 0.29) is 5.91 Å². The maximum atomic E-state index is 12.7. The first-order valence-electron chi connectivity index (χ1n) is 9.02. The molecular formula is C18H26Cl2N4O. The van der Waals surface area contributed by atoms with E-state index in [0.29, 0.717) is 28.5 Å². The Balaban J connectivity index is 1.52. The Bertz CT molecular complexity index is 613. The van der Waals surface area contributed by atoms with Gasteiger partial charge in [0.05, 0.1) is 16.6 Å². The zero-order chi connectivity index (χ0) is 18.0. The highest BCUT2D eigenvalue weighted by Crippen LogP contribution is 2.29. The van der Waals surface area contributed by atoms with Crippen LogP contribution in [0.3, 0.4) is 0 Å². The van der Waals surface area contributed by atoms with Gasteiger partial charge in [-0.3, -0.25) is 9.69 Å². The number of hydrogen-bond acceptors (Lipinski definition) is 4. The van der Waals surface area contributed by atoms with E-state index < -0.39 is 0 Å². The molecule has 3 rings (SSSR count). The molecule has 0 spiro atoms. The van der Waals surface area contributed by atoms with Crippen molar-refractivity contribution in [3.63, 3.8) is 0 Å². The second-order valence-corrected chi connectivity index (χ2v) is 8.24. The number of halogens is 2. The maximum Gasteiger partial charge on any atom is 0.237 e. The Hall–Kier alpha value is -1.04. The van der Waals surface area contributed by atoms with Crippen molar-refractivity contribution < 1.29 is 4.79 Å². The molecule has 7 heteroatoms. The molecule has 0 unspecified atom stereocenters. The van der Waals surface area contributed by atoms with Crippen LogP contribution in [0.4, 0.5) is 5.82 Å². The molecule has 0 radical (unpaired) electrons. The maximum absolute atomic E-state index is 12.7. The fourth-order valence-electron chi connectivity index (χ4n) is 3.27. The van der Waals surface area contributed by atoms with Gasteiger partial charge in [0.1, 0.15) is 5.82 Å². The summed E-state index contributed by atoms with van der Waals surface area (Å²) in [4.78, 5) is 23.5. The van der Waals surface area contributed by atoms with E-state index in [0.717, 1.165) is 51.4 Å². The number of amides is 1. The fraction of sp³-hybridized carbons (Fsp3) is 0.667. The summed E-state index contributed by atoms with van der Waals surface area (Å²) < 4.78 is 0. The highest BCUT2D eigenvalue weighted by Gasteiger charge is 2.33. The van der Waals surface area contributed by atoms with E-state index in [1.807, 2.05) is 0 Å². The normalized spacial score (nSPS) is 18.7. The minimum atomic E-state index is 0.271. The average Bonchev–Trinajstić information content (AvgIpc) is 3.38. The second-order valence-electron chi connectivity index (χ2n) is 7.39. The molecule has 5 nitrogen and oxygen atoms in total. The smallest absolute Gasteiger partial charge is 0.237 e. The zero-order valence-electron chi connectivity index (χ0n) is 14.9. The van der Waals surface area contributed by atoms with E-state index in [9.17, 15) is 4.79 Å². The van der Waals surface area contributed by atoms with Crippen LogP contribution >= 0.6 is 23.2 Å². The minimum absolute atomic E-state index is 0.271. The third-order valence-corrected chi connectivity index (χ3v) is 5.17. The molecule has 1 saturated heterocycles. The highest BCUT2D eigenvalue weighted by molar-refractivity contribution is 6.36. The van der Waals surface area contributed by atoms with Gasteiger partial charge in [0, 0.05) is 45.0 Å². The van der Waals surface area contributed by atoms with E-state index in [4.69, 9.17) is 23.2 Å². The van der Waals surface area contributed by atoms with Crippen molar-refractivity contribution in [3.05, 3.63) is 22.3 Å². The number of pyridine rings is 1. The summed E-state index contributed by atoms with van der Waals surface area (Å²) in [6, 6.07) is 2.20. The van der Waals surface area contributed by atoms with Crippen LogP contribution in [0, 0.1) is 5.92 Å². The number of carbonyl (C=O) groups excluding carboxylic acids is 1. The quantitative estimate of drug-likeness (QED) is 0.754. The molecule has 0 bridgehead atoms. The lowest BCUT2D eigenvalue weighted by atomic mass is 10.2. The Labute approximate surface area is 159 Å². The molecule has 2 heterocycles. The van der Waals surface area contributed by atoms with Crippen molar-refractivity contribution in [1.29, 1.82) is 0 Å². The van der Waals surface area contributed by atoms with Gasteiger partial charge in [-0.2, -0.15) is 0 Å². The summed E-state index contributed by atoms with van der Waals surface area (Å²) in [6.45, 7) is 9.03. The van der Waals surface area contributed by atoms with Gasteiger partial charge < -0.3 is 9.80 Å². The first kappa shape index (κ1) is 18.7. The van der Waals surface area contributed by atoms with Crippen molar-refractivity contribution in [2.45, 2.75) is 32.7 Å². The largest absolute Gasteiger partial charge is 0.353 e. The van der Waals surface area contributed by atoms with Crippen LogP contribution in [0.15, 0.2) is 12.3 Å². The van der Waals surface area contributed by atoms with Gasteiger partial charge in [-0.1, -0.05) is 37.0 Å². The van der Waals surface area contributed by atoms with Crippen molar-refractivity contribution in [1.82, 2.24) is 14.8 Å². The molecule has 1 amide bonds. The Kier molecular flexibility index (Phi) is 6.08. The first-order valence-corrected chi connectivity index (χ1v) is 9.77. The minimum Gasteiger partial charge on any atom is -0.353 e. The van der Waals surface area contributed by atoms with Crippen LogP contribution in [-0.4, -0.2) is 66.0 Å². The summed E-state index contributed by atoms with van der Waals surface area (Å²) in [5, 5.41) is 1.12. The van der Waals surface area contributed by atoms with Gasteiger partial charge in [-0.15, -0.1) is 0 Å². The first-order chi connectivity index (χ1) is 11.9. The molecule has 2 fully saturated rings. The summed E-state index contributed by atoms with van der Waals surface area (Å²) in [5.74, 6) is 1.56. The van der Waals surface area contributed by atoms with Crippen molar-refractivity contribution in [3.8, 4) is 0 Å². The Morgan fingerprint density at radius 3 is 2.52 bits per heavy atom. The molecule has 138 valence electrons. The lowest BCUT2D eigenvalue weighted by Gasteiger charge is -2.36. The van der Waals surface area contributed by atoms with Gasteiger partial charge in [0.15, 0.2) is 0 Å². The molecule has 2 aliphatic rings. The summed E-state index contributed by atoms with van der Waals surface area (Å²) >= 11 is 12.2. The Morgan fingerprint density at radius 1 is 1.28 bits per heavy atom. The standard InChI is InChI=1S/C18H26Cl2N4O/c1-13(2)11-24(15-3-4-15)17(25)12-22-5-7-23(8-6-22)18-16(20)9-14(19)10-21-18/h9-10,13,15H,3-8,11-12H2,1-2H3. The summed E-state index contributed by atoms with van der Waals surface area (Å²) in [5.41, 5.74) is 0. The number of anilines is 1. The van der Waals surface area contributed by atoms with Crippen molar-refractivity contribution in [2.24, 2.45) is 5.92 Å². The molecule has 0 N–H and O–H groups in total. The number of nitrogens with zero attached hydrogens (tertiary/aromatic N) is 4. The molecule has 25 heavy (non-hydrogen) atoms. The molecule has 0 atom stereocenters. The van der Waals surface area contributed by atoms with Crippen LogP contribution in [-0.2, 0) is 4.79 Å². The molecular weight excluding hydrogens is 359 g/mol. The van der Waals surface area contributed by atoms with Crippen LogP contribution in [0.5, 0.6) is 0 Å². The van der Waals surface area contributed by atoms with Gasteiger partial charge in [0.2, 0.25) is 5.91 Å². The predicted molar refractivity (Wildman–Crippen MR) is 102 cm³/mol. The molecule has 0 aromatic carbocycles. The lowest BCUT2D eigenvalue weighted by Crippen LogP contribution is -2.51. The number of piperazine rings is 1. The van der Waals surface area contributed by atoms with Crippen molar-refractivity contribution in [2.75, 3.05) is 44.2 Å². The topological polar surface area (TPSA) is 39.7 Å². The van der Waals surface area contributed by atoms with E-state index in [1.165, 1.54) is 0 Å². The predicted octanol–water partition coefficient (Wildman–Crippen LogP) is 3.16. The average molecular weight is 385 g/mol. The van der Waals surface area contributed by atoms with Crippen molar-refractivity contribution >= 4 is 34.9 Å². The highest BCUT2D eigenvalue weighted by atomic mass is 35.5. The molecule has 1 aliphatic carbocycles. The fourth-order valence-corrected chi connectivity index (χ4v) is 3.77. The molecule has 1 aromatic rings. The van der Waals surface area contributed by atoms with E-state index in [1.54, 1.807) is 12.3 Å². The number of hydrogen-bond donors (Lipinski definition) is 0.